The molecular formula is C18H32N2O. The zero-order valence-electron chi connectivity index (χ0n) is 15.0. The molecule has 3 nitrogen and oxygen atoms in total. The lowest BCUT2D eigenvalue weighted by atomic mass is 9.83. The summed E-state index contributed by atoms with van der Waals surface area (Å²) in [6, 6.07) is 0. The molecule has 1 aromatic rings. The Bertz CT molecular complexity index is 554. The van der Waals surface area contributed by atoms with Crippen LogP contribution in [0.1, 0.15) is 66.5 Å². The van der Waals surface area contributed by atoms with Crippen LogP contribution in [0.5, 0.6) is 0 Å². The first-order valence-electron chi connectivity index (χ1n) is 7.74. The van der Waals surface area contributed by atoms with E-state index in [1.54, 1.807) is 0 Å². The van der Waals surface area contributed by atoms with Gasteiger partial charge in [-0.1, -0.05) is 41.5 Å². The maximum Gasteiger partial charge on any atom is 0.188 e. The van der Waals surface area contributed by atoms with Gasteiger partial charge in [0.2, 0.25) is 0 Å². The summed E-state index contributed by atoms with van der Waals surface area (Å²) in [6.45, 7) is 17.5. The van der Waals surface area contributed by atoms with Gasteiger partial charge in [-0.25, -0.2) is 0 Å². The van der Waals surface area contributed by atoms with E-state index in [2.05, 4.69) is 60.0 Å². The van der Waals surface area contributed by atoms with E-state index >= 15 is 0 Å². The number of nitrogens with two attached hydrogens (primary N) is 1. The summed E-state index contributed by atoms with van der Waals surface area (Å²) in [7, 11) is 0. The first-order valence-corrected chi connectivity index (χ1v) is 7.74. The third kappa shape index (κ3) is 4.44. The highest BCUT2D eigenvalue weighted by molar-refractivity contribution is 5.27. The number of rotatable bonds is 3. The molecule has 3 heteroatoms. The predicted octanol–water partition coefficient (Wildman–Crippen LogP) is 3.43. The molecule has 1 aromatic heterocycles. The SMILES string of the molecule is CC(C)(C)Cc1cn(C(C)(C)CN)cc(C(C)(C)C)c1=O. The van der Waals surface area contributed by atoms with Crippen molar-refractivity contribution in [1.29, 1.82) is 0 Å². The Morgan fingerprint density at radius 3 is 1.90 bits per heavy atom. The van der Waals surface area contributed by atoms with E-state index in [1.165, 1.54) is 0 Å². The van der Waals surface area contributed by atoms with Crippen molar-refractivity contribution in [2.45, 2.75) is 72.8 Å². The van der Waals surface area contributed by atoms with Crippen molar-refractivity contribution in [3.63, 3.8) is 0 Å². The van der Waals surface area contributed by atoms with Crippen LogP contribution >= 0.6 is 0 Å². The lowest BCUT2D eigenvalue weighted by Gasteiger charge is -2.31. The Balaban J connectivity index is 3.58. The molecule has 1 rings (SSSR count). The molecule has 1 heterocycles. The molecule has 0 unspecified atom stereocenters. The second-order valence-corrected chi connectivity index (χ2v) is 8.94. The van der Waals surface area contributed by atoms with Gasteiger partial charge in [0.05, 0.1) is 5.54 Å². The third-order valence-corrected chi connectivity index (χ3v) is 3.83. The molecule has 0 aromatic carbocycles. The Morgan fingerprint density at radius 1 is 1.00 bits per heavy atom. The molecule has 0 aliphatic carbocycles. The summed E-state index contributed by atoms with van der Waals surface area (Å²) in [5, 5.41) is 0. The molecule has 0 saturated heterocycles. The molecule has 0 atom stereocenters. The number of hydrogen-bond donors (Lipinski definition) is 1. The van der Waals surface area contributed by atoms with Gasteiger partial charge >= 0.3 is 0 Å². The normalized spacial score (nSPS) is 13.6. The lowest BCUT2D eigenvalue weighted by molar-refractivity contribution is 0.353. The van der Waals surface area contributed by atoms with Crippen molar-refractivity contribution in [2.24, 2.45) is 11.1 Å². The third-order valence-electron chi connectivity index (χ3n) is 3.83. The van der Waals surface area contributed by atoms with Crippen molar-refractivity contribution in [2.75, 3.05) is 6.54 Å². The van der Waals surface area contributed by atoms with Crippen molar-refractivity contribution in [3.05, 3.63) is 33.7 Å². The highest BCUT2D eigenvalue weighted by Gasteiger charge is 2.26. The quantitative estimate of drug-likeness (QED) is 0.928. The first-order chi connectivity index (χ1) is 9.28. The second kappa shape index (κ2) is 5.60. The van der Waals surface area contributed by atoms with E-state index in [0.717, 1.165) is 17.5 Å². The molecule has 0 amide bonds. The summed E-state index contributed by atoms with van der Waals surface area (Å²) >= 11 is 0. The minimum Gasteiger partial charge on any atom is -0.347 e. The van der Waals surface area contributed by atoms with E-state index in [0.29, 0.717) is 6.54 Å². The zero-order chi connectivity index (χ0) is 16.6. The maximum absolute atomic E-state index is 12.8. The van der Waals surface area contributed by atoms with Crippen LogP contribution in [0.2, 0.25) is 0 Å². The summed E-state index contributed by atoms with van der Waals surface area (Å²) in [4.78, 5) is 12.8. The molecule has 21 heavy (non-hydrogen) atoms. The second-order valence-electron chi connectivity index (χ2n) is 8.94. The molecule has 0 saturated carbocycles. The Kier molecular flexibility index (Phi) is 4.79. The van der Waals surface area contributed by atoms with E-state index < -0.39 is 0 Å². The van der Waals surface area contributed by atoms with Gasteiger partial charge in [-0.15, -0.1) is 0 Å². The number of hydrogen-bond acceptors (Lipinski definition) is 2. The van der Waals surface area contributed by atoms with Crippen LogP contribution in [0.15, 0.2) is 17.2 Å². The Morgan fingerprint density at radius 2 is 1.52 bits per heavy atom. The largest absolute Gasteiger partial charge is 0.347 e. The molecule has 0 aliphatic rings. The van der Waals surface area contributed by atoms with Crippen LogP contribution in [0, 0.1) is 5.41 Å². The zero-order valence-corrected chi connectivity index (χ0v) is 15.0. The minimum absolute atomic E-state index is 0.0837. The summed E-state index contributed by atoms with van der Waals surface area (Å²) in [5.41, 5.74) is 7.57. The summed E-state index contributed by atoms with van der Waals surface area (Å²) in [6.07, 6.45) is 4.76. The average molecular weight is 292 g/mol. The van der Waals surface area contributed by atoms with Crippen LogP contribution in [-0.2, 0) is 17.4 Å². The van der Waals surface area contributed by atoms with E-state index in [1.807, 2.05) is 12.4 Å². The molecule has 2 N–H and O–H groups in total. The maximum atomic E-state index is 12.8. The van der Waals surface area contributed by atoms with Gasteiger partial charge in [0.15, 0.2) is 5.43 Å². The number of nitrogens with zero attached hydrogens (tertiary/aromatic N) is 1. The Hall–Kier alpha value is -1.09. The van der Waals surface area contributed by atoms with Crippen molar-refractivity contribution in [3.8, 4) is 0 Å². The fourth-order valence-electron chi connectivity index (χ4n) is 2.32. The van der Waals surface area contributed by atoms with Gasteiger partial charge in [-0.2, -0.15) is 0 Å². The average Bonchev–Trinajstić information content (AvgIpc) is 2.28. The summed E-state index contributed by atoms with van der Waals surface area (Å²) in [5.74, 6) is 0. The number of aromatic nitrogens is 1. The van der Waals surface area contributed by atoms with Crippen molar-refractivity contribution in [1.82, 2.24) is 4.57 Å². The van der Waals surface area contributed by atoms with Crippen molar-refractivity contribution < 1.29 is 0 Å². The molecular weight excluding hydrogens is 260 g/mol. The predicted molar refractivity (Wildman–Crippen MR) is 90.9 cm³/mol. The lowest BCUT2D eigenvalue weighted by Crippen LogP contribution is -2.38. The summed E-state index contributed by atoms with van der Waals surface area (Å²) < 4.78 is 2.12. The standard InChI is InChI=1S/C18H32N2O/c1-16(2,3)9-13-10-20(18(7,8)12-19)11-14(15(13)21)17(4,5)6/h10-11H,9,12,19H2,1-8H3. The topological polar surface area (TPSA) is 48.0 Å². The highest BCUT2D eigenvalue weighted by atomic mass is 16.1. The molecule has 120 valence electrons. The van der Waals surface area contributed by atoms with Gasteiger partial charge in [0.25, 0.3) is 0 Å². The van der Waals surface area contributed by atoms with Gasteiger partial charge in [-0.3, -0.25) is 4.79 Å². The van der Waals surface area contributed by atoms with Crippen molar-refractivity contribution >= 4 is 0 Å². The molecule has 0 spiro atoms. The van der Waals surface area contributed by atoms with Crippen LogP contribution in [0.25, 0.3) is 0 Å². The fourth-order valence-corrected chi connectivity index (χ4v) is 2.32. The van der Waals surface area contributed by atoms with Gasteiger partial charge in [0, 0.05) is 30.1 Å². The van der Waals surface area contributed by atoms with Crippen LogP contribution in [0.4, 0.5) is 0 Å². The molecule has 0 bridgehead atoms. The van der Waals surface area contributed by atoms with Crippen LogP contribution < -0.4 is 11.2 Å². The fraction of sp³-hybridized carbons (Fsp3) is 0.722. The molecule has 0 fully saturated rings. The minimum atomic E-state index is -0.194. The van der Waals surface area contributed by atoms with E-state index in [4.69, 9.17) is 5.73 Å². The monoisotopic (exact) mass is 292 g/mol. The van der Waals surface area contributed by atoms with Gasteiger partial charge in [-0.05, 0) is 31.1 Å². The number of pyridine rings is 1. The first kappa shape index (κ1) is 18.0. The smallest absolute Gasteiger partial charge is 0.188 e. The van der Waals surface area contributed by atoms with E-state index in [-0.39, 0.29) is 21.8 Å². The van der Waals surface area contributed by atoms with Gasteiger partial charge in [0.1, 0.15) is 0 Å². The Labute approximate surface area is 129 Å². The van der Waals surface area contributed by atoms with Gasteiger partial charge < -0.3 is 10.3 Å². The van der Waals surface area contributed by atoms with Crippen LogP contribution in [-0.4, -0.2) is 11.1 Å². The van der Waals surface area contributed by atoms with Crippen LogP contribution in [0.3, 0.4) is 0 Å². The molecule has 0 aliphatic heterocycles. The highest BCUT2D eigenvalue weighted by Crippen LogP contribution is 2.25. The van der Waals surface area contributed by atoms with E-state index in [9.17, 15) is 4.79 Å². The molecule has 0 radical (unpaired) electrons.